The van der Waals surface area contributed by atoms with Gasteiger partial charge in [-0.1, -0.05) is 19.4 Å². The molecule has 1 aromatic heterocycles. The van der Waals surface area contributed by atoms with Crippen molar-refractivity contribution in [2.45, 2.75) is 32.2 Å². The summed E-state index contributed by atoms with van der Waals surface area (Å²) in [5.74, 6) is 0. The third kappa shape index (κ3) is 4.91. The average Bonchev–Trinajstić information content (AvgIpc) is 2.30. The Morgan fingerprint density at radius 2 is 2.33 bits per heavy atom. The molecule has 2 N–H and O–H groups in total. The fourth-order valence-corrected chi connectivity index (χ4v) is 1.32. The molecule has 3 nitrogen and oxygen atoms in total. The van der Waals surface area contributed by atoms with Crippen LogP contribution >= 0.6 is 0 Å². The zero-order valence-electron chi connectivity index (χ0n) is 9.36. The van der Waals surface area contributed by atoms with Crippen molar-refractivity contribution in [3.8, 4) is 0 Å². The second kappa shape index (κ2) is 7.37. The van der Waals surface area contributed by atoms with Crippen LogP contribution in [0.4, 0.5) is 0 Å². The summed E-state index contributed by atoms with van der Waals surface area (Å²) >= 11 is 0. The lowest BCUT2D eigenvalue weighted by Crippen LogP contribution is -2.13. The largest absolute Gasteiger partial charge is 0.381 e. The zero-order valence-corrected chi connectivity index (χ0v) is 9.36. The highest BCUT2D eigenvalue weighted by Crippen LogP contribution is 2.11. The Kier molecular flexibility index (Phi) is 5.97. The molecule has 1 rings (SSSR count). The fourth-order valence-electron chi connectivity index (χ4n) is 1.32. The van der Waals surface area contributed by atoms with Crippen LogP contribution in [0.1, 0.15) is 37.8 Å². The number of nitrogens with zero attached hydrogens (tertiary/aromatic N) is 1. The molecule has 3 heteroatoms. The fraction of sp³-hybridized carbons (Fsp3) is 0.583. The van der Waals surface area contributed by atoms with E-state index >= 15 is 0 Å². The van der Waals surface area contributed by atoms with Crippen molar-refractivity contribution in [2.24, 2.45) is 5.73 Å². The minimum Gasteiger partial charge on any atom is -0.381 e. The maximum Gasteiger partial charge on any atom is 0.0484 e. The van der Waals surface area contributed by atoms with Crippen molar-refractivity contribution in [1.29, 1.82) is 0 Å². The molecule has 84 valence electrons. The van der Waals surface area contributed by atoms with Gasteiger partial charge < -0.3 is 10.5 Å². The number of hydrogen-bond donors (Lipinski definition) is 1. The molecule has 1 atom stereocenters. The van der Waals surface area contributed by atoms with Gasteiger partial charge in [0, 0.05) is 31.6 Å². The molecule has 0 amide bonds. The summed E-state index contributed by atoms with van der Waals surface area (Å²) in [5, 5.41) is 0. The molecular weight excluding hydrogens is 188 g/mol. The van der Waals surface area contributed by atoms with Gasteiger partial charge in [0.15, 0.2) is 0 Å². The minimum atomic E-state index is 0.0420. The van der Waals surface area contributed by atoms with E-state index in [-0.39, 0.29) is 6.04 Å². The molecule has 0 bridgehead atoms. The molecule has 0 aromatic carbocycles. The normalized spacial score (nSPS) is 12.7. The first kappa shape index (κ1) is 12.1. The Labute approximate surface area is 91.7 Å². The van der Waals surface area contributed by atoms with Crippen LogP contribution in [-0.4, -0.2) is 18.2 Å². The molecule has 0 radical (unpaired) electrons. The predicted octanol–water partition coefficient (Wildman–Crippen LogP) is 2.29. The summed E-state index contributed by atoms with van der Waals surface area (Å²) in [7, 11) is 0. The third-order valence-corrected chi connectivity index (χ3v) is 2.33. The minimum absolute atomic E-state index is 0.0420. The van der Waals surface area contributed by atoms with Gasteiger partial charge in [-0.2, -0.15) is 0 Å². The van der Waals surface area contributed by atoms with Gasteiger partial charge in [-0.05, 0) is 24.5 Å². The number of unbranched alkanes of at least 4 members (excludes halogenated alkanes) is 1. The summed E-state index contributed by atoms with van der Waals surface area (Å²) < 4.78 is 5.47. The van der Waals surface area contributed by atoms with Crippen molar-refractivity contribution in [2.75, 3.05) is 13.2 Å². The molecule has 0 fully saturated rings. The SMILES string of the molecule is CCCCOCCC(N)c1cccnc1. The molecular formula is C12H20N2O. The van der Waals surface area contributed by atoms with E-state index in [9.17, 15) is 0 Å². The molecule has 1 unspecified atom stereocenters. The molecule has 0 spiro atoms. The van der Waals surface area contributed by atoms with Gasteiger partial charge in [-0.3, -0.25) is 4.98 Å². The van der Waals surface area contributed by atoms with Crippen LogP contribution in [0.15, 0.2) is 24.5 Å². The van der Waals surface area contributed by atoms with E-state index in [2.05, 4.69) is 11.9 Å². The maximum absolute atomic E-state index is 5.99. The zero-order chi connectivity index (χ0) is 10.9. The Morgan fingerprint density at radius 3 is 3.00 bits per heavy atom. The standard InChI is InChI=1S/C12H20N2O/c1-2-3-8-15-9-6-12(13)11-5-4-7-14-10-11/h4-5,7,10,12H,2-3,6,8-9,13H2,1H3. The van der Waals surface area contributed by atoms with Crippen LogP contribution in [0.5, 0.6) is 0 Å². The molecule has 0 saturated heterocycles. The number of pyridine rings is 1. The van der Waals surface area contributed by atoms with Crippen LogP contribution in [0, 0.1) is 0 Å². The average molecular weight is 208 g/mol. The van der Waals surface area contributed by atoms with E-state index in [0.717, 1.165) is 31.6 Å². The number of nitrogens with two attached hydrogens (primary N) is 1. The lowest BCUT2D eigenvalue weighted by atomic mass is 10.1. The molecule has 15 heavy (non-hydrogen) atoms. The van der Waals surface area contributed by atoms with Gasteiger partial charge in [-0.15, -0.1) is 0 Å². The first-order valence-corrected chi connectivity index (χ1v) is 5.58. The van der Waals surface area contributed by atoms with Crippen molar-refractivity contribution < 1.29 is 4.74 Å². The summed E-state index contributed by atoms with van der Waals surface area (Å²) in [6.07, 6.45) is 6.73. The van der Waals surface area contributed by atoms with E-state index in [1.54, 1.807) is 6.20 Å². The number of hydrogen-bond acceptors (Lipinski definition) is 3. The topological polar surface area (TPSA) is 48.1 Å². The highest BCUT2D eigenvalue weighted by Gasteiger charge is 2.04. The number of aromatic nitrogens is 1. The first-order chi connectivity index (χ1) is 7.34. The van der Waals surface area contributed by atoms with Crippen LogP contribution < -0.4 is 5.73 Å². The van der Waals surface area contributed by atoms with Crippen LogP contribution in [0.2, 0.25) is 0 Å². The first-order valence-electron chi connectivity index (χ1n) is 5.58. The van der Waals surface area contributed by atoms with Crippen molar-refractivity contribution in [1.82, 2.24) is 4.98 Å². The molecule has 0 aliphatic heterocycles. The van der Waals surface area contributed by atoms with E-state index in [0.29, 0.717) is 0 Å². The number of ether oxygens (including phenoxy) is 1. The van der Waals surface area contributed by atoms with Gasteiger partial charge in [-0.25, -0.2) is 0 Å². The summed E-state index contributed by atoms with van der Waals surface area (Å²) in [6.45, 7) is 3.73. The summed E-state index contributed by atoms with van der Waals surface area (Å²) in [4.78, 5) is 4.04. The van der Waals surface area contributed by atoms with Gasteiger partial charge >= 0.3 is 0 Å². The van der Waals surface area contributed by atoms with Crippen molar-refractivity contribution in [3.05, 3.63) is 30.1 Å². The van der Waals surface area contributed by atoms with Crippen molar-refractivity contribution in [3.63, 3.8) is 0 Å². The highest BCUT2D eigenvalue weighted by atomic mass is 16.5. The lowest BCUT2D eigenvalue weighted by molar-refractivity contribution is 0.124. The summed E-state index contributed by atoms with van der Waals surface area (Å²) in [6, 6.07) is 3.96. The van der Waals surface area contributed by atoms with Crippen molar-refractivity contribution >= 4 is 0 Å². The Balaban J connectivity index is 2.16. The molecule has 0 aliphatic rings. The molecule has 0 aliphatic carbocycles. The lowest BCUT2D eigenvalue weighted by Gasteiger charge is -2.11. The van der Waals surface area contributed by atoms with Crippen LogP contribution in [0.3, 0.4) is 0 Å². The molecule has 1 heterocycles. The Hall–Kier alpha value is -0.930. The second-order valence-corrected chi connectivity index (χ2v) is 3.65. The van der Waals surface area contributed by atoms with Gasteiger partial charge in [0.05, 0.1) is 0 Å². The highest BCUT2D eigenvalue weighted by molar-refractivity contribution is 5.12. The monoisotopic (exact) mass is 208 g/mol. The molecule has 0 saturated carbocycles. The van der Waals surface area contributed by atoms with E-state index < -0.39 is 0 Å². The van der Waals surface area contributed by atoms with Crippen LogP contribution in [0.25, 0.3) is 0 Å². The van der Waals surface area contributed by atoms with E-state index in [4.69, 9.17) is 10.5 Å². The smallest absolute Gasteiger partial charge is 0.0484 e. The third-order valence-electron chi connectivity index (χ3n) is 2.33. The van der Waals surface area contributed by atoms with E-state index in [1.807, 2.05) is 18.3 Å². The maximum atomic E-state index is 5.99. The Bertz CT molecular complexity index is 251. The quantitative estimate of drug-likeness (QED) is 0.699. The second-order valence-electron chi connectivity index (χ2n) is 3.65. The summed E-state index contributed by atoms with van der Waals surface area (Å²) in [5.41, 5.74) is 7.07. The van der Waals surface area contributed by atoms with Gasteiger partial charge in [0.2, 0.25) is 0 Å². The number of rotatable bonds is 7. The Morgan fingerprint density at radius 1 is 1.47 bits per heavy atom. The van der Waals surface area contributed by atoms with E-state index in [1.165, 1.54) is 6.42 Å². The van der Waals surface area contributed by atoms with Crippen LogP contribution in [-0.2, 0) is 4.74 Å². The van der Waals surface area contributed by atoms with Gasteiger partial charge in [0.25, 0.3) is 0 Å². The van der Waals surface area contributed by atoms with Gasteiger partial charge in [0.1, 0.15) is 0 Å². The molecule has 1 aromatic rings. The predicted molar refractivity (Wildman–Crippen MR) is 61.5 cm³/mol.